The maximum absolute atomic E-state index is 12.1. The highest BCUT2D eigenvalue weighted by molar-refractivity contribution is 5.75. The molecule has 1 aliphatic rings. The Morgan fingerprint density at radius 3 is 1.77 bits per heavy atom. The van der Waals surface area contributed by atoms with Crippen LogP contribution >= 0.6 is 0 Å². The molecule has 0 saturated carbocycles. The number of carbonyl (C=O) groups is 5. The van der Waals surface area contributed by atoms with Crippen LogP contribution in [-0.4, -0.2) is 72.9 Å². The molecule has 26 heavy (non-hydrogen) atoms. The van der Waals surface area contributed by atoms with Crippen molar-refractivity contribution in [3.8, 4) is 0 Å². The predicted molar refractivity (Wildman–Crippen MR) is 83.4 cm³/mol. The number of rotatable bonds is 4. The molecule has 11 nitrogen and oxygen atoms in total. The van der Waals surface area contributed by atoms with Crippen molar-refractivity contribution in [3.63, 3.8) is 0 Å². The second-order valence-electron chi connectivity index (χ2n) is 5.58. The van der Waals surface area contributed by atoms with Crippen molar-refractivity contribution in [1.29, 1.82) is 0 Å². The Bertz CT molecular complexity index is 592. The summed E-state index contributed by atoms with van der Waals surface area (Å²) in [6, 6.07) is -0.924. The zero-order valence-electron chi connectivity index (χ0n) is 15.1. The summed E-state index contributed by atoms with van der Waals surface area (Å²) in [5, 5.41) is 2.53. The van der Waals surface area contributed by atoms with Gasteiger partial charge in [0.1, 0.15) is 0 Å². The Hall–Kier alpha value is -2.85. The van der Waals surface area contributed by atoms with Gasteiger partial charge in [-0.05, 0) is 0 Å². The van der Waals surface area contributed by atoms with Gasteiger partial charge in [0.25, 0.3) is 0 Å². The molecule has 0 aromatic heterocycles. The van der Waals surface area contributed by atoms with E-state index in [4.69, 9.17) is 14.2 Å². The molecule has 2 amide bonds. The van der Waals surface area contributed by atoms with Gasteiger partial charge in [0.05, 0.1) is 19.7 Å². The van der Waals surface area contributed by atoms with Crippen molar-refractivity contribution >= 4 is 29.9 Å². The minimum absolute atomic E-state index is 0.208. The summed E-state index contributed by atoms with van der Waals surface area (Å²) in [4.78, 5) is 59.0. The number of hydrogen-bond acceptors (Lipinski definition) is 9. The smallest absolute Gasteiger partial charge is 0.412 e. The molecule has 1 saturated heterocycles. The molecule has 0 aliphatic carbocycles. The second-order valence-corrected chi connectivity index (χ2v) is 5.58. The Morgan fingerprint density at radius 2 is 1.35 bits per heavy atom. The molecule has 1 aliphatic heterocycles. The minimum Gasteiger partial charge on any atom is -0.456 e. The molecule has 1 fully saturated rings. The van der Waals surface area contributed by atoms with Gasteiger partial charge in [0.15, 0.2) is 12.2 Å². The average Bonchev–Trinajstić information content (AvgIpc) is 2.50. The van der Waals surface area contributed by atoms with E-state index >= 15 is 0 Å². The number of amides is 2. The molecule has 1 heterocycles. The maximum atomic E-state index is 12.1. The summed E-state index contributed by atoms with van der Waals surface area (Å²) in [6.45, 7) is 4.34. The van der Waals surface area contributed by atoms with Gasteiger partial charge in [-0.25, -0.2) is 4.79 Å². The van der Waals surface area contributed by atoms with E-state index in [2.05, 4.69) is 10.1 Å². The average molecular weight is 374 g/mol. The quantitative estimate of drug-likeness (QED) is 0.501. The summed E-state index contributed by atoms with van der Waals surface area (Å²) in [6.07, 6.45) is -4.85. The van der Waals surface area contributed by atoms with Crippen molar-refractivity contribution in [2.75, 3.05) is 13.7 Å². The SMILES string of the molecule is COC(=O)N1C[C@@H](NC(C)=O)[C@H](OC(C)=O)[C@H](OC(C)=O)[C@H]1OC(C)=O. The summed E-state index contributed by atoms with van der Waals surface area (Å²) >= 11 is 0. The monoisotopic (exact) mass is 374 g/mol. The number of carbonyl (C=O) groups excluding carboxylic acids is 5. The van der Waals surface area contributed by atoms with Gasteiger partial charge in [-0.1, -0.05) is 0 Å². The van der Waals surface area contributed by atoms with Crippen LogP contribution in [0, 0.1) is 0 Å². The van der Waals surface area contributed by atoms with Gasteiger partial charge in [-0.3, -0.25) is 24.1 Å². The van der Waals surface area contributed by atoms with Crippen molar-refractivity contribution in [2.45, 2.75) is 52.2 Å². The number of esters is 3. The first kappa shape index (κ1) is 21.2. The number of likely N-dealkylation sites (tertiary alicyclic amines) is 1. The van der Waals surface area contributed by atoms with Crippen LogP contribution in [0.25, 0.3) is 0 Å². The highest BCUT2D eigenvalue weighted by Crippen LogP contribution is 2.26. The van der Waals surface area contributed by atoms with Crippen LogP contribution in [0.1, 0.15) is 27.7 Å². The van der Waals surface area contributed by atoms with Crippen LogP contribution in [0.4, 0.5) is 4.79 Å². The number of ether oxygens (including phenoxy) is 4. The van der Waals surface area contributed by atoms with Gasteiger partial charge in [-0.2, -0.15) is 0 Å². The Labute approximate surface area is 149 Å². The molecule has 11 heteroatoms. The molecule has 0 aromatic carbocycles. The number of hydrogen-bond donors (Lipinski definition) is 1. The van der Waals surface area contributed by atoms with E-state index in [-0.39, 0.29) is 6.54 Å². The molecule has 146 valence electrons. The maximum Gasteiger partial charge on any atom is 0.412 e. The molecular weight excluding hydrogens is 352 g/mol. The zero-order chi connectivity index (χ0) is 20.0. The van der Waals surface area contributed by atoms with Gasteiger partial charge in [-0.15, -0.1) is 0 Å². The van der Waals surface area contributed by atoms with Gasteiger partial charge >= 0.3 is 24.0 Å². The third kappa shape index (κ3) is 5.60. The largest absolute Gasteiger partial charge is 0.456 e. The third-order valence-electron chi connectivity index (χ3n) is 3.39. The molecular formula is C15H22N2O9. The molecule has 1 N–H and O–H groups in total. The lowest BCUT2D eigenvalue weighted by Crippen LogP contribution is -2.69. The van der Waals surface area contributed by atoms with Crippen molar-refractivity contribution in [1.82, 2.24) is 10.2 Å². The number of nitrogens with zero attached hydrogens (tertiary/aromatic N) is 1. The molecule has 0 radical (unpaired) electrons. The minimum atomic E-state index is -1.40. The highest BCUT2D eigenvalue weighted by atomic mass is 16.6. The topological polar surface area (TPSA) is 138 Å². The number of methoxy groups -OCH3 is 1. The van der Waals surface area contributed by atoms with E-state index in [9.17, 15) is 24.0 Å². The molecule has 0 unspecified atom stereocenters. The van der Waals surface area contributed by atoms with E-state index in [1.165, 1.54) is 6.92 Å². The summed E-state index contributed by atoms with van der Waals surface area (Å²) in [7, 11) is 1.11. The lowest BCUT2D eigenvalue weighted by molar-refractivity contribution is -0.213. The van der Waals surface area contributed by atoms with Crippen LogP contribution in [-0.2, 0) is 38.1 Å². The van der Waals surface area contributed by atoms with E-state index in [1.54, 1.807) is 0 Å². The number of nitrogens with one attached hydrogen (secondary N) is 1. The summed E-state index contributed by atoms with van der Waals surface area (Å²) < 4.78 is 20.1. The fraction of sp³-hybridized carbons (Fsp3) is 0.667. The molecule has 4 atom stereocenters. The fourth-order valence-corrected chi connectivity index (χ4v) is 2.63. The first-order valence-corrected chi connectivity index (χ1v) is 7.70. The van der Waals surface area contributed by atoms with Crippen molar-refractivity contribution < 1.29 is 42.9 Å². The standard InChI is InChI=1S/C15H22N2O9/c1-7(18)16-11-6-17(15(22)23-5)14(26-10(4)21)13(25-9(3)20)12(11)24-8(2)19/h11-14H,6H2,1-5H3,(H,16,18)/t11-,12+,13+,14-/m1/s1. The summed E-state index contributed by atoms with van der Waals surface area (Å²) in [5.74, 6) is -2.71. The van der Waals surface area contributed by atoms with Crippen molar-refractivity contribution in [3.05, 3.63) is 0 Å². The second kappa shape index (κ2) is 9.02. The first-order chi connectivity index (χ1) is 12.1. The zero-order valence-corrected chi connectivity index (χ0v) is 15.1. The Balaban J connectivity index is 3.37. The van der Waals surface area contributed by atoms with Crippen LogP contribution in [0.5, 0.6) is 0 Å². The predicted octanol–water partition coefficient (Wildman–Crippen LogP) is -0.674. The first-order valence-electron chi connectivity index (χ1n) is 7.70. The van der Waals surface area contributed by atoms with Crippen LogP contribution < -0.4 is 5.32 Å². The number of piperidine rings is 1. The molecule has 1 rings (SSSR count). The van der Waals surface area contributed by atoms with Gasteiger partial charge in [0, 0.05) is 27.7 Å². The lowest BCUT2D eigenvalue weighted by atomic mass is 9.97. The molecule has 0 bridgehead atoms. The Kier molecular flexibility index (Phi) is 7.35. The molecule has 0 aromatic rings. The lowest BCUT2D eigenvalue weighted by Gasteiger charge is -2.45. The summed E-state index contributed by atoms with van der Waals surface area (Å²) in [5.41, 5.74) is 0. The van der Waals surface area contributed by atoms with E-state index < -0.39 is 54.4 Å². The van der Waals surface area contributed by atoms with E-state index in [0.29, 0.717) is 0 Å². The van der Waals surface area contributed by atoms with Crippen LogP contribution in [0.15, 0.2) is 0 Å². The fourth-order valence-electron chi connectivity index (χ4n) is 2.63. The third-order valence-corrected chi connectivity index (χ3v) is 3.39. The van der Waals surface area contributed by atoms with Crippen molar-refractivity contribution in [2.24, 2.45) is 0 Å². The van der Waals surface area contributed by atoms with Crippen LogP contribution in [0.2, 0.25) is 0 Å². The van der Waals surface area contributed by atoms with E-state index in [0.717, 1.165) is 32.8 Å². The molecule has 0 spiro atoms. The normalized spacial score (nSPS) is 24.9. The highest BCUT2D eigenvalue weighted by Gasteiger charge is 2.52. The van der Waals surface area contributed by atoms with Crippen LogP contribution in [0.3, 0.4) is 0 Å². The Morgan fingerprint density at radius 1 is 0.846 bits per heavy atom. The van der Waals surface area contributed by atoms with E-state index in [1.807, 2.05) is 0 Å². The van der Waals surface area contributed by atoms with Gasteiger partial charge in [0.2, 0.25) is 12.1 Å². The van der Waals surface area contributed by atoms with Gasteiger partial charge < -0.3 is 24.3 Å².